The third-order valence-electron chi connectivity index (χ3n) is 7.03. The van der Waals surface area contributed by atoms with Crippen molar-refractivity contribution in [1.29, 1.82) is 0 Å². The van der Waals surface area contributed by atoms with E-state index in [0.717, 1.165) is 58.3 Å². The summed E-state index contributed by atoms with van der Waals surface area (Å²) in [5.74, 6) is 1.70. The lowest BCUT2D eigenvalue weighted by molar-refractivity contribution is 0.186. The predicted octanol–water partition coefficient (Wildman–Crippen LogP) is 2.94. The van der Waals surface area contributed by atoms with Gasteiger partial charge in [-0.2, -0.15) is 0 Å². The second-order valence-corrected chi connectivity index (χ2v) is 9.19. The molecule has 174 valence electrons. The molecule has 1 aromatic heterocycles. The van der Waals surface area contributed by atoms with Gasteiger partial charge in [0.1, 0.15) is 0 Å². The fourth-order valence-electron chi connectivity index (χ4n) is 4.91. The zero-order valence-electron chi connectivity index (χ0n) is 19.9. The van der Waals surface area contributed by atoms with E-state index < -0.39 is 0 Å². The summed E-state index contributed by atoms with van der Waals surface area (Å²) in [7, 11) is 0. The highest BCUT2D eigenvalue weighted by Crippen LogP contribution is 2.27. The van der Waals surface area contributed by atoms with Crippen molar-refractivity contribution < 1.29 is 0 Å². The number of nitrogens with one attached hydrogen (secondary N) is 1. The minimum Gasteiger partial charge on any atom is -0.369 e. The molecule has 0 aliphatic carbocycles. The normalized spacial score (nSPS) is 23.9. The third kappa shape index (κ3) is 5.44. The van der Waals surface area contributed by atoms with E-state index in [0.29, 0.717) is 18.0 Å². The Morgan fingerprint density at radius 1 is 1.16 bits per heavy atom. The molecule has 0 amide bonds. The summed E-state index contributed by atoms with van der Waals surface area (Å²) in [6.45, 7) is 14.9. The fourth-order valence-corrected chi connectivity index (χ4v) is 4.91. The minimum atomic E-state index is 0.440. The van der Waals surface area contributed by atoms with E-state index in [-0.39, 0.29) is 0 Å². The van der Waals surface area contributed by atoms with E-state index in [1.807, 2.05) is 12.5 Å². The lowest BCUT2D eigenvalue weighted by atomic mass is 9.93. The molecule has 2 aliphatic rings. The number of nitrogens with zero attached hydrogens (tertiary/aromatic N) is 6. The summed E-state index contributed by atoms with van der Waals surface area (Å²) >= 11 is 0. The first kappa shape index (κ1) is 22.6. The van der Waals surface area contributed by atoms with Crippen LogP contribution >= 0.6 is 0 Å². The van der Waals surface area contributed by atoms with Crippen LogP contribution in [0, 0.1) is 5.92 Å². The van der Waals surface area contributed by atoms with Crippen LogP contribution in [0.5, 0.6) is 0 Å². The summed E-state index contributed by atoms with van der Waals surface area (Å²) in [4.78, 5) is 16.9. The highest BCUT2D eigenvalue weighted by atomic mass is 15.3. The Bertz CT molecular complexity index is 827. The number of rotatable bonds is 6. The molecule has 0 radical (unpaired) electrons. The molecule has 0 saturated carbocycles. The van der Waals surface area contributed by atoms with Crippen LogP contribution in [-0.4, -0.2) is 83.7 Å². The highest BCUT2D eigenvalue weighted by molar-refractivity contribution is 5.80. The van der Waals surface area contributed by atoms with Gasteiger partial charge in [0.25, 0.3) is 0 Å². The van der Waals surface area contributed by atoms with Crippen molar-refractivity contribution in [2.24, 2.45) is 10.9 Å². The molecule has 2 fully saturated rings. The van der Waals surface area contributed by atoms with E-state index in [4.69, 9.17) is 4.99 Å². The van der Waals surface area contributed by atoms with Crippen LogP contribution < -0.4 is 10.2 Å². The van der Waals surface area contributed by atoms with Crippen LogP contribution in [-0.2, 0) is 0 Å². The maximum absolute atomic E-state index is 5.08. The van der Waals surface area contributed by atoms with Gasteiger partial charge in [0.2, 0.25) is 0 Å². The predicted molar refractivity (Wildman–Crippen MR) is 132 cm³/mol. The lowest BCUT2D eigenvalue weighted by Crippen LogP contribution is -2.51. The molecule has 2 saturated heterocycles. The number of piperazine rings is 1. The number of guanidine groups is 1. The summed E-state index contributed by atoms with van der Waals surface area (Å²) in [6.07, 6.45) is 7.09. The number of aliphatic imine (C=N–C) groups is 1. The van der Waals surface area contributed by atoms with Crippen LogP contribution in [0.25, 0.3) is 0 Å². The topological polar surface area (TPSA) is 51.9 Å². The molecule has 4 rings (SSSR count). The molecular formula is C25H39N7. The maximum atomic E-state index is 5.08. The van der Waals surface area contributed by atoms with Gasteiger partial charge in [-0.1, -0.05) is 25.1 Å². The number of aromatic nitrogens is 2. The van der Waals surface area contributed by atoms with E-state index in [2.05, 4.69) is 86.9 Å². The van der Waals surface area contributed by atoms with Gasteiger partial charge in [-0.05, 0) is 38.3 Å². The Balaban J connectivity index is 1.34. The second-order valence-electron chi connectivity index (χ2n) is 9.19. The van der Waals surface area contributed by atoms with Crippen molar-refractivity contribution in [2.45, 2.75) is 39.3 Å². The molecule has 3 atom stereocenters. The standard InChI is InChI=1S/C25H39N7/c1-4-27-25(31-12-10-21(2)24(19-31)32-13-11-26-20-32)28-18-22(3)29-14-16-30(17-15-29)23-8-6-5-7-9-23/h5-9,11,13,20-22,24H,4,10,12,14-19H2,1-3H3,(H,27,28). The summed E-state index contributed by atoms with van der Waals surface area (Å²) in [5.41, 5.74) is 1.33. The molecule has 2 aromatic rings. The molecule has 0 bridgehead atoms. The van der Waals surface area contributed by atoms with Gasteiger partial charge in [0.05, 0.1) is 18.9 Å². The first-order chi connectivity index (χ1) is 15.7. The molecule has 3 unspecified atom stereocenters. The number of piperidine rings is 1. The van der Waals surface area contributed by atoms with Crippen molar-refractivity contribution in [1.82, 2.24) is 24.7 Å². The maximum Gasteiger partial charge on any atom is 0.194 e. The Hall–Kier alpha value is -2.54. The van der Waals surface area contributed by atoms with E-state index in [1.165, 1.54) is 12.1 Å². The molecule has 3 heterocycles. The largest absolute Gasteiger partial charge is 0.369 e. The number of likely N-dealkylation sites (tertiary alicyclic amines) is 1. The van der Waals surface area contributed by atoms with Gasteiger partial charge in [-0.25, -0.2) is 4.98 Å². The van der Waals surface area contributed by atoms with Gasteiger partial charge in [0, 0.05) is 69.9 Å². The SMILES string of the molecule is CCNC(=NCC(C)N1CCN(c2ccccc2)CC1)N1CCC(C)C(n2ccnc2)C1. The Morgan fingerprint density at radius 2 is 1.94 bits per heavy atom. The Morgan fingerprint density at radius 3 is 2.62 bits per heavy atom. The molecule has 7 heteroatoms. The van der Waals surface area contributed by atoms with Crippen LogP contribution in [0.3, 0.4) is 0 Å². The monoisotopic (exact) mass is 437 g/mol. The first-order valence-electron chi connectivity index (χ1n) is 12.2. The zero-order valence-corrected chi connectivity index (χ0v) is 19.9. The summed E-state index contributed by atoms with van der Waals surface area (Å²) in [6, 6.07) is 11.6. The van der Waals surface area contributed by atoms with Gasteiger partial charge in [-0.3, -0.25) is 9.89 Å². The van der Waals surface area contributed by atoms with Gasteiger partial charge in [-0.15, -0.1) is 0 Å². The molecule has 1 N–H and O–H groups in total. The zero-order chi connectivity index (χ0) is 22.3. The third-order valence-corrected chi connectivity index (χ3v) is 7.03. The van der Waals surface area contributed by atoms with Crippen molar-refractivity contribution in [3.8, 4) is 0 Å². The van der Waals surface area contributed by atoms with Crippen molar-refractivity contribution in [3.63, 3.8) is 0 Å². The number of benzene rings is 1. The van der Waals surface area contributed by atoms with Crippen LogP contribution in [0.2, 0.25) is 0 Å². The number of hydrogen-bond acceptors (Lipinski definition) is 4. The molecule has 32 heavy (non-hydrogen) atoms. The van der Waals surface area contributed by atoms with Crippen molar-refractivity contribution in [3.05, 3.63) is 49.1 Å². The number of anilines is 1. The highest BCUT2D eigenvalue weighted by Gasteiger charge is 2.29. The van der Waals surface area contributed by atoms with Gasteiger partial charge >= 0.3 is 0 Å². The Kier molecular flexibility index (Phi) is 7.68. The smallest absolute Gasteiger partial charge is 0.194 e. The van der Waals surface area contributed by atoms with E-state index in [9.17, 15) is 0 Å². The van der Waals surface area contributed by atoms with Crippen molar-refractivity contribution in [2.75, 3.05) is 57.3 Å². The minimum absolute atomic E-state index is 0.440. The summed E-state index contributed by atoms with van der Waals surface area (Å²) in [5, 5.41) is 3.54. The molecule has 2 aliphatic heterocycles. The van der Waals surface area contributed by atoms with Gasteiger partial charge in [0.15, 0.2) is 5.96 Å². The van der Waals surface area contributed by atoms with Crippen LogP contribution in [0.15, 0.2) is 54.0 Å². The van der Waals surface area contributed by atoms with Crippen LogP contribution in [0.1, 0.15) is 33.2 Å². The van der Waals surface area contributed by atoms with Crippen LogP contribution in [0.4, 0.5) is 5.69 Å². The molecular weight excluding hydrogens is 398 g/mol. The van der Waals surface area contributed by atoms with E-state index >= 15 is 0 Å². The average Bonchev–Trinajstić information content (AvgIpc) is 3.37. The second kappa shape index (κ2) is 10.9. The lowest BCUT2D eigenvalue weighted by Gasteiger charge is -2.40. The Labute approximate surface area is 193 Å². The first-order valence-corrected chi connectivity index (χ1v) is 12.2. The average molecular weight is 438 g/mol. The molecule has 1 aromatic carbocycles. The quantitative estimate of drug-likeness (QED) is 0.556. The number of hydrogen-bond donors (Lipinski definition) is 1. The fraction of sp³-hybridized carbons (Fsp3) is 0.600. The summed E-state index contributed by atoms with van der Waals surface area (Å²) < 4.78 is 2.26. The van der Waals surface area contributed by atoms with Crippen molar-refractivity contribution >= 4 is 11.6 Å². The number of para-hydroxylation sites is 1. The molecule has 0 spiro atoms. The van der Waals surface area contributed by atoms with E-state index in [1.54, 1.807) is 0 Å². The molecule has 7 nitrogen and oxygen atoms in total. The number of imidazole rings is 1. The van der Waals surface area contributed by atoms with Gasteiger partial charge < -0.3 is 19.7 Å².